The molecule has 0 saturated heterocycles. The highest BCUT2D eigenvalue weighted by Crippen LogP contribution is 2.35. The normalized spacial score (nSPS) is 14.6. The summed E-state index contributed by atoms with van der Waals surface area (Å²) in [6.45, 7) is 5.44. The number of carbonyl (C=O) groups excluding carboxylic acids is 5. The molecule has 4 aromatic carbocycles. The van der Waals surface area contributed by atoms with Gasteiger partial charge >= 0.3 is 12.1 Å². The zero-order valence-electron chi connectivity index (χ0n) is 28.6. The lowest BCUT2D eigenvalue weighted by Gasteiger charge is -2.24. The number of anilines is 2. The van der Waals surface area contributed by atoms with E-state index >= 15 is 0 Å². The van der Waals surface area contributed by atoms with Crippen LogP contribution < -0.4 is 31.3 Å². The van der Waals surface area contributed by atoms with Crippen molar-refractivity contribution in [2.75, 3.05) is 10.6 Å². The van der Waals surface area contributed by atoms with E-state index < -0.39 is 47.5 Å². The Bertz CT molecular complexity index is 1840. The molecule has 0 bridgehead atoms. The maximum Gasteiger partial charge on any atom is 0.408 e. The minimum atomic E-state index is -1.23. The highest BCUT2D eigenvalue weighted by Gasteiger charge is 2.36. The number of ether oxygens (including phenoxy) is 2. The molecule has 0 saturated carbocycles. The molecule has 1 unspecified atom stereocenters. The van der Waals surface area contributed by atoms with E-state index in [2.05, 4.69) is 26.6 Å². The fourth-order valence-electron chi connectivity index (χ4n) is 5.48. The molecule has 1 heterocycles. The van der Waals surface area contributed by atoms with Gasteiger partial charge in [0.05, 0.1) is 5.92 Å². The Morgan fingerprint density at radius 2 is 1.39 bits per heavy atom. The van der Waals surface area contributed by atoms with E-state index in [4.69, 9.17) is 9.47 Å². The molecule has 5 N–H and O–H groups in total. The van der Waals surface area contributed by atoms with E-state index in [9.17, 15) is 24.0 Å². The van der Waals surface area contributed by atoms with Crippen molar-refractivity contribution in [1.82, 2.24) is 16.0 Å². The predicted octanol–water partition coefficient (Wildman–Crippen LogP) is 5.66. The van der Waals surface area contributed by atoms with Crippen LogP contribution in [-0.4, -0.2) is 47.5 Å². The Morgan fingerprint density at radius 1 is 0.745 bits per heavy atom. The van der Waals surface area contributed by atoms with Gasteiger partial charge in [-0.25, -0.2) is 9.59 Å². The van der Waals surface area contributed by atoms with Gasteiger partial charge in [-0.3, -0.25) is 19.7 Å². The molecule has 6 amide bonds. The Balaban J connectivity index is 1.28. The van der Waals surface area contributed by atoms with Crippen molar-refractivity contribution in [2.24, 2.45) is 0 Å². The van der Waals surface area contributed by atoms with E-state index in [1.54, 1.807) is 99.6 Å². The monoisotopic (exact) mass is 691 g/mol. The molecule has 5 rings (SSSR count). The van der Waals surface area contributed by atoms with E-state index in [0.717, 1.165) is 5.56 Å². The number of para-hydroxylation sites is 2. The average molecular weight is 692 g/mol. The molecule has 1 aliphatic heterocycles. The second kappa shape index (κ2) is 16.5. The number of urea groups is 1. The standard InChI is InChI=1S/C39H41N5O7/c1-39(2,3)51-38(49)43-32(22-25-18-20-28(21-19-25)50-24-26-12-6-4-7-13-26)36(47)44-37(48)42-33(35(46)40-27-14-8-5-9-15-27)23-30-29-16-10-11-17-31(29)41-34(30)45/h4-21,30,32-33H,22-24H2,1-3H3,(H,40,46)(H,41,45)(H,43,49)(H2,42,44,47,48)/t30?,32-,33-/m0/s1. The highest BCUT2D eigenvalue weighted by molar-refractivity contribution is 6.05. The van der Waals surface area contributed by atoms with Crippen LogP contribution in [0.3, 0.4) is 0 Å². The molecular formula is C39H41N5O7. The molecule has 4 aromatic rings. The summed E-state index contributed by atoms with van der Waals surface area (Å²) in [5.41, 5.74) is 2.64. The van der Waals surface area contributed by atoms with Gasteiger partial charge in [-0.2, -0.15) is 0 Å². The number of fused-ring (bicyclic) bond motifs is 1. The van der Waals surface area contributed by atoms with E-state index in [0.29, 0.717) is 34.9 Å². The molecule has 51 heavy (non-hydrogen) atoms. The molecule has 3 atom stereocenters. The molecule has 0 radical (unpaired) electrons. The zero-order chi connectivity index (χ0) is 36.4. The summed E-state index contributed by atoms with van der Waals surface area (Å²) >= 11 is 0. The number of nitrogens with one attached hydrogen (secondary N) is 5. The summed E-state index contributed by atoms with van der Waals surface area (Å²) in [6, 6.07) is 29.0. The van der Waals surface area contributed by atoms with E-state index in [1.165, 1.54) is 0 Å². The lowest BCUT2D eigenvalue weighted by atomic mass is 9.93. The number of hydrogen-bond donors (Lipinski definition) is 5. The lowest BCUT2D eigenvalue weighted by Crippen LogP contribution is -2.55. The predicted molar refractivity (Wildman–Crippen MR) is 192 cm³/mol. The largest absolute Gasteiger partial charge is 0.489 e. The van der Waals surface area contributed by atoms with Gasteiger partial charge in [-0.15, -0.1) is 0 Å². The van der Waals surface area contributed by atoms with Crippen LogP contribution in [0.15, 0.2) is 109 Å². The molecule has 12 nitrogen and oxygen atoms in total. The summed E-state index contributed by atoms with van der Waals surface area (Å²) in [6.07, 6.45) is -0.924. The van der Waals surface area contributed by atoms with Crippen molar-refractivity contribution in [3.05, 3.63) is 126 Å². The van der Waals surface area contributed by atoms with Crippen LogP contribution in [0.4, 0.5) is 21.0 Å². The van der Waals surface area contributed by atoms with Gasteiger partial charge in [0.1, 0.15) is 30.0 Å². The van der Waals surface area contributed by atoms with Crippen LogP contribution in [0, 0.1) is 0 Å². The van der Waals surface area contributed by atoms with Gasteiger partial charge in [0, 0.05) is 17.8 Å². The topological polar surface area (TPSA) is 164 Å². The third-order valence-corrected chi connectivity index (χ3v) is 7.90. The molecule has 0 aliphatic carbocycles. The summed E-state index contributed by atoms with van der Waals surface area (Å²) in [5.74, 6) is -1.86. The molecular weight excluding hydrogens is 650 g/mol. The first-order valence-corrected chi connectivity index (χ1v) is 16.6. The van der Waals surface area contributed by atoms with Crippen LogP contribution in [-0.2, 0) is 32.1 Å². The van der Waals surface area contributed by atoms with Crippen LogP contribution in [0.1, 0.15) is 49.8 Å². The average Bonchev–Trinajstić information content (AvgIpc) is 3.41. The van der Waals surface area contributed by atoms with Crippen molar-refractivity contribution >= 4 is 41.2 Å². The maximum absolute atomic E-state index is 13.6. The molecule has 12 heteroatoms. The van der Waals surface area contributed by atoms with Crippen LogP contribution >= 0.6 is 0 Å². The van der Waals surface area contributed by atoms with Crippen molar-refractivity contribution in [3.63, 3.8) is 0 Å². The van der Waals surface area contributed by atoms with Crippen molar-refractivity contribution in [3.8, 4) is 5.75 Å². The Kier molecular flexibility index (Phi) is 11.7. The number of rotatable bonds is 12. The Labute approximate surface area is 296 Å². The first kappa shape index (κ1) is 36.1. The third-order valence-electron chi connectivity index (χ3n) is 7.90. The minimum absolute atomic E-state index is 0.00821. The van der Waals surface area contributed by atoms with Crippen molar-refractivity contribution < 1.29 is 33.4 Å². The zero-order valence-corrected chi connectivity index (χ0v) is 28.6. The molecule has 0 aromatic heterocycles. The molecule has 0 spiro atoms. The second-order valence-corrected chi connectivity index (χ2v) is 13.1. The fraction of sp³-hybridized carbons (Fsp3) is 0.256. The summed E-state index contributed by atoms with van der Waals surface area (Å²) in [7, 11) is 0. The number of carbonyl (C=O) groups is 5. The number of alkyl carbamates (subject to hydrolysis) is 1. The smallest absolute Gasteiger partial charge is 0.408 e. The number of imide groups is 1. The number of benzene rings is 4. The number of hydrogen-bond acceptors (Lipinski definition) is 7. The van der Waals surface area contributed by atoms with Gasteiger partial charge in [0.15, 0.2) is 0 Å². The molecule has 0 fully saturated rings. The lowest BCUT2D eigenvalue weighted by molar-refractivity contribution is -0.123. The van der Waals surface area contributed by atoms with E-state index in [-0.39, 0.29) is 18.7 Å². The SMILES string of the molecule is CC(C)(C)OC(=O)N[C@@H](Cc1ccc(OCc2ccccc2)cc1)C(=O)NC(=O)N[C@@H](CC1C(=O)Nc2ccccc21)C(=O)Nc1ccccc1. The van der Waals surface area contributed by atoms with Gasteiger partial charge in [-0.05, 0) is 74.2 Å². The summed E-state index contributed by atoms with van der Waals surface area (Å²) < 4.78 is 11.2. The molecule has 1 aliphatic rings. The Morgan fingerprint density at radius 3 is 2.08 bits per heavy atom. The fourth-order valence-corrected chi connectivity index (χ4v) is 5.48. The van der Waals surface area contributed by atoms with Crippen LogP contribution in [0.5, 0.6) is 5.75 Å². The van der Waals surface area contributed by atoms with Gasteiger partial charge in [-0.1, -0.05) is 78.9 Å². The van der Waals surface area contributed by atoms with Gasteiger partial charge < -0.3 is 30.7 Å². The van der Waals surface area contributed by atoms with E-state index in [1.807, 2.05) is 30.3 Å². The van der Waals surface area contributed by atoms with Crippen molar-refractivity contribution in [1.29, 1.82) is 0 Å². The number of amides is 6. The third kappa shape index (κ3) is 10.7. The summed E-state index contributed by atoms with van der Waals surface area (Å²) in [4.78, 5) is 66.1. The quantitative estimate of drug-likeness (QED) is 0.128. The van der Waals surface area contributed by atoms with Crippen LogP contribution in [0.2, 0.25) is 0 Å². The first-order chi connectivity index (χ1) is 24.4. The maximum atomic E-state index is 13.6. The highest BCUT2D eigenvalue weighted by atomic mass is 16.6. The van der Waals surface area contributed by atoms with Crippen LogP contribution in [0.25, 0.3) is 0 Å². The second-order valence-electron chi connectivity index (χ2n) is 13.1. The van der Waals surface area contributed by atoms with Gasteiger partial charge in [0.25, 0.3) is 5.91 Å². The minimum Gasteiger partial charge on any atom is -0.489 e. The Hall–Kier alpha value is -6.17. The van der Waals surface area contributed by atoms with Crippen molar-refractivity contribution in [2.45, 2.75) is 63.8 Å². The molecule has 264 valence electrons. The summed E-state index contributed by atoms with van der Waals surface area (Å²) in [5, 5.41) is 12.9. The first-order valence-electron chi connectivity index (χ1n) is 16.6. The van der Waals surface area contributed by atoms with Gasteiger partial charge in [0.2, 0.25) is 11.8 Å².